The van der Waals surface area contributed by atoms with Crippen LogP contribution in [0.4, 0.5) is 0 Å². The quantitative estimate of drug-likeness (QED) is 0.0721. The number of hydrogen-bond acceptors (Lipinski definition) is 8. The number of guanidine groups is 1. The number of amides is 3. The molecule has 1 heterocycles. The van der Waals surface area contributed by atoms with E-state index in [2.05, 4.69) is 30.9 Å². The van der Waals surface area contributed by atoms with Gasteiger partial charge in [0.25, 0.3) is 0 Å². The summed E-state index contributed by atoms with van der Waals surface area (Å²) in [6.07, 6.45) is 3.20. The van der Waals surface area contributed by atoms with Gasteiger partial charge < -0.3 is 48.3 Å². The first-order valence-corrected chi connectivity index (χ1v) is 10.1. The summed E-state index contributed by atoms with van der Waals surface area (Å²) in [7, 11) is 0. The number of aromatic nitrogens is 2. The summed E-state index contributed by atoms with van der Waals surface area (Å²) in [6.45, 7) is 0.929. The Labute approximate surface area is 189 Å². The monoisotopic (exact) mass is 469 g/mol. The molecule has 3 amide bonds. The van der Waals surface area contributed by atoms with Gasteiger partial charge in [0.2, 0.25) is 17.7 Å². The Hall–Kier alpha value is -3.72. The number of carbonyl (C=O) groups is 4. The lowest BCUT2D eigenvalue weighted by Crippen LogP contribution is -2.56. The van der Waals surface area contributed by atoms with Gasteiger partial charge in [-0.1, -0.05) is 0 Å². The maximum atomic E-state index is 12.7. The Morgan fingerprint density at radius 3 is 2.33 bits per heavy atom. The normalized spacial score (nSPS) is 14.3. The lowest BCUT2D eigenvalue weighted by molar-refractivity contribution is -0.142. The third-order valence-corrected chi connectivity index (χ3v) is 4.46. The molecule has 1 rings (SSSR count). The predicted octanol–water partition coefficient (Wildman–Crippen LogP) is -4.12. The Morgan fingerprint density at radius 1 is 1.12 bits per heavy atom. The molecule has 15 nitrogen and oxygen atoms in total. The molecule has 0 saturated heterocycles. The predicted molar refractivity (Wildman–Crippen MR) is 116 cm³/mol. The van der Waals surface area contributed by atoms with Gasteiger partial charge in [0, 0.05) is 24.9 Å². The van der Waals surface area contributed by atoms with E-state index in [0.29, 0.717) is 12.1 Å². The van der Waals surface area contributed by atoms with E-state index < -0.39 is 54.5 Å². The molecule has 0 spiro atoms. The van der Waals surface area contributed by atoms with Crippen LogP contribution >= 0.6 is 0 Å². The van der Waals surface area contributed by atoms with Crippen molar-refractivity contribution >= 4 is 29.7 Å². The molecule has 0 aliphatic carbocycles. The molecule has 4 unspecified atom stereocenters. The first-order valence-electron chi connectivity index (χ1n) is 10.1. The summed E-state index contributed by atoms with van der Waals surface area (Å²) in [5, 5.41) is 25.6. The summed E-state index contributed by atoms with van der Waals surface area (Å²) in [5.74, 6) is -3.61. The molecular weight excluding hydrogens is 438 g/mol. The van der Waals surface area contributed by atoms with E-state index in [-0.39, 0.29) is 25.3 Å². The largest absolute Gasteiger partial charge is 0.480 e. The number of carboxylic acid groups (broad SMARTS) is 1. The fraction of sp³-hybridized carbons (Fsp3) is 0.556. The molecule has 0 aromatic carbocycles. The first-order chi connectivity index (χ1) is 15.5. The topological polar surface area (TPSA) is 264 Å². The van der Waals surface area contributed by atoms with Crippen LogP contribution in [0.5, 0.6) is 0 Å². The van der Waals surface area contributed by atoms with Crippen LogP contribution < -0.4 is 33.2 Å². The molecule has 184 valence electrons. The number of aliphatic hydroxyl groups is 1. The molecule has 0 radical (unpaired) electrons. The lowest BCUT2D eigenvalue weighted by Gasteiger charge is -2.23. The van der Waals surface area contributed by atoms with E-state index >= 15 is 0 Å². The SMILES string of the molecule is CC(NC(=O)C(CCCN=C(N)N)NC(=O)C(N)CO)C(=O)NC(Cc1cnc[nH]1)C(=O)O. The maximum Gasteiger partial charge on any atom is 0.326 e. The van der Waals surface area contributed by atoms with E-state index in [1.165, 1.54) is 19.4 Å². The van der Waals surface area contributed by atoms with Crippen LogP contribution in [0, 0.1) is 0 Å². The zero-order chi connectivity index (χ0) is 25.0. The highest BCUT2D eigenvalue weighted by Gasteiger charge is 2.28. The van der Waals surface area contributed by atoms with E-state index in [9.17, 15) is 24.3 Å². The zero-order valence-corrected chi connectivity index (χ0v) is 18.2. The standard InChI is InChI=1S/C18H31N9O6/c1-9(14(29)27-13(17(32)33)5-10-6-22-8-24-10)25-16(31)12(3-2-4-23-18(20)21)26-15(30)11(19)7-28/h6,8-9,11-13,28H,2-5,7,19H2,1H3,(H,22,24)(H,25,31)(H,26,30)(H,27,29)(H,32,33)(H4,20,21,23). The smallest absolute Gasteiger partial charge is 0.326 e. The van der Waals surface area contributed by atoms with Crippen molar-refractivity contribution in [3.05, 3.63) is 18.2 Å². The summed E-state index contributed by atoms with van der Waals surface area (Å²) in [6, 6.07) is -4.71. The number of carbonyl (C=O) groups excluding carboxylic acids is 3. The lowest BCUT2D eigenvalue weighted by atomic mass is 10.1. The molecular formula is C18H31N9O6. The van der Waals surface area contributed by atoms with Gasteiger partial charge in [0.05, 0.1) is 12.9 Å². The third kappa shape index (κ3) is 9.96. The van der Waals surface area contributed by atoms with Crippen LogP contribution in [0.2, 0.25) is 0 Å². The number of H-pyrrole nitrogens is 1. The number of nitrogens with two attached hydrogens (primary N) is 3. The summed E-state index contributed by atoms with van der Waals surface area (Å²) in [4.78, 5) is 59.0. The fourth-order valence-corrected chi connectivity index (χ4v) is 2.63. The van der Waals surface area contributed by atoms with Crippen LogP contribution in [-0.2, 0) is 25.6 Å². The molecule has 1 aromatic heterocycles. The van der Waals surface area contributed by atoms with Gasteiger partial charge in [-0.15, -0.1) is 0 Å². The van der Waals surface area contributed by atoms with Gasteiger partial charge >= 0.3 is 5.97 Å². The van der Waals surface area contributed by atoms with Crippen LogP contribution in [0.25, 0.3) is 0 Å². The Balaban J connectivity index is 2.76. The minimum atomic E-state index is -1.26. The number of nitrogens with zero attached hydrogens (tertiary/aromatic N) is 2. The second kappa shape index (κ2) is 13.6. The minimum absolute atomic E-state index is 0.0374. The van der Waals surface area contributed by atoms with Crippen molar-refractivity contribution in [3.63, 3.8) is 0 Å². The number of rotatable bonds is 14. The Morgan fingerprint density at radius 2 is 1.79 bits per heavy atom. The van der Waals surface area contributed by atoms with Crippen molar-refractivity contribution in [2.24, 2.45) is 22.2 Å². The number of nitrogens with one attached hydrogen (secondary N) is 4. The van der Waals surface area contributed by atoms with Crippen LogP contribution in [0.3, 0.4) is 0 Å². The average molecular weight is 470 g/mol. The molecule has 0 saturated carbocycles. The van der Waals surface area contributed by atoms with Gasteiger partial charge in [-0.2, -0.15) is 0 Å². The van der Waals surface area contributed by atoms with Crippen molar-refractivity contribution in [2.75, 3.05) is 13.2 Å². The van der Waals surface area contributed by atoms with Gasteiger partial charge in [-0.25, -0.2) is 9.78 Å². The number of carboxylic acids is 1. The summed E-state index contributed by atoms with van der Waals surface area (Å²) < 4.78 is 0. The highest BCUT2D eigenvalue weighted by atomic mass is 16.4. The Kier molecular flexibility index (Phi) is 11.3. The van der Waals surface area contributed by atoms with Crippen LogP contribution in [-0.4, -0.2) is 87.2 Å². The van der Waals surface area contributed by atoms with Crippen LogP contribution in [0.1, 0.15) is 25.5 Å². The van der Waals surface area contributed by atoms with Crippen molar-refractivity contribution in [1.29, 1.82) is 0 Å². The number of aliphatic imine (C=N–C) groups is 1. The second-order valence-electron chi connectivity index (χ2n) is 7.21. The number of aromatic amines is 1. The van der Waals surface area contributed by atoms with Crippen molar-refractivity contribution in [3.8, 4) is 0 Å². The van der Waals surface area contributed by atoms with Gasteiger partial charge in [0.15, 0.2) is 5.96 Å². The van der Waals surface area contributed by atoms with Crippen molar-refractivity contribution in [1.82, 2.24) is 25.9 Å². The van der Waals surface area contributed by atoms with Crippen LogP contribution in [0.15, 0.2) is 17.5 Å². The number of aliphatic carboxylic acids is 1. The number of hydrogen-bond donors (Lipinski definition) is 9. The summed E-state index contributed by atoms with van der Waals surface area (Å²) >= 11 is 0. The Bertz CT molecular complexity index is 825. The van der Waals surface area contributed by atoms with Gasteiger partial charge in [-0.05, 0) is 19.8 Å². The first kappa shape index (κ1) is 27.3. The molecule has 0 aliphatic heterocycles. The highest BCUT2D eigenvalue weighted by Crippen LogP contribution is 2.02. The fourth-order valence-electron chi connectivity index (χ4n) is 2.63. The summed E-state index contributed by atoms with van der Waals surface area (Å²) in [5.41, 5.74) is 16.5. The maximum absolute atomic E-state index is 12.7. The minimum Gasteiger partial charge on any atom is -0.480 e. The molecule has 0 fully saturated rings. The van der Waals surface area contributed by atoms with Crippen molar-refractivity contribution in [2.45, 2.75) is 50.4 Å². The second-order valence-corrected chi connectivity index (χ2v) is 7.21. The van der Waals surface area contributed by atoms with Gasteiger partial charge in [-0.3, -0.25) is 19.4 Å². The van der Waals surface area contributed by atoms with Gasteiger partial charge in [0.1, 0.15) is 24.2 Å². The highest BCUT2D eigenvalue weighted by molar-refractivity contribution is 5.93. The number of imidazole rings is 1. The molecule has 12 N–H and O–H groups in total. The number of aliphatic hydroxyl groups excluding tert-OH is 1. The molecule has 1 aromatic rings. The molecule has 33 heavy (non-hydrogen) atoms. The average Bonchev–Trinajstić information content (AvgIpc) is 3.27. The molecule has 15 heteroatoms. The van der Waals surface area contributed by atoms with E-state index in [1.54, 1.807) is 0 Å². The molecule has 4 atom stereocenters. The molecule has 0 aliphatic rings. The molecule has 0 bridgehead atoms. The van der Waals surface area contributed by atoms with E-state index in [1.807, 2.05) is 0 Å². The van der Waals surface area contributed by atoms with E-state index in [0.717, 1.165) is 0 Å². The zero-order valence-electron chi connectivity index (χ0n) is 18.2. The third-order valence-electron chi connectivity index (χ3n) is 4.46. The van der Waals surface area contributed by atoms with Crippen molar-refractivity contribution < 1.29 is 29.4 Å². The van der Waals surface area contributed by atoms with E-state index in [4.69, 9.17) is 22.3 Å².